The van der Waals surface area contributed by atoms with Crippen molar-refractivity contribution in [3.8, 4) is 0 Å². The van der Waals surface area contributed by atoms with Crippen LogP contribution in [-0.2, 0) is 15.6 Å². The van der Waals surface area contributed by atoms with Crippen molar-refractivity contribution in [1.29, 1.82) is 0 Å². The zero-order valence-electron chi connectivity index (χ0n) is 19.2. The maximum atomic E-state index is 15.4. The van der Waals surface area contributed by atoms with E-state index in [1.165, 1.54) is 10.4 Å². The molecular weight excluding hydrogens is 421 g/mol. The van der Waals surface area contributed by atoms with E-state index in [1.807, 2.05) is 58.0 Å². The molecule has 168 valence electrons. The maximum absolute atomic E-state index is 15.4. The summed E-state index contributed by atoms with van der Waals surface area (Å²) in [7, 11) is 0. The van der Waals surface area contributed by atoms with Crippen LogP contribution in [0.5, 0.6) is 0 Å². The average Bonchev–Trinajstić information content (AvgIpc) is 3.27. The molecule has 1 aliphatic heterocycles. The predicted molar refractivity (Wildman–Crippen MR) is 130 cm³/mol. The van der Waals surface area contributed by atoms with Gasteiger partial charge in [0.2, 0.25) is 0 Å². The fraction of sp³-hybridized carbons (Fsp3) is 0.462. The molecule has 1 saturated heterocycles. The molecule has 6 heteroatoms. The van der Waals surface area contributed by atoms with Crippen molar-refractivity contribution < 1.29 is 9.18 Å². The van der Waals surface area contributed by atoms with Gasteiger partial charge in [-0.1, -0.05) is 30.3 Å². The maximum Gasteiger partial charge on any atom is 0.152 e. The molecule has 2 aliphatic rings. The quantitative estimate of drug-likeness (QED) is 0.542. The van der Waals surface area contributed by atoms with Crippen molar-refractivity contribution in [3.05, 3.63) is 59.2 Å². The van der Waals surface area contributed by atoms with Crippen LogP contribution in [0.1, 0.15) is 50.6 Å². The average molecular weight is 452 g/mol. The van der Waals surface area contributed by atoms with E-state index in [1.54, 1.807) is 11.5 Å². The number of carbonyl (C=O) groups is 1. The number of hydrogen-bond acceptors (Lipinski definition) is 5. The number of rotatable bonds is 4. The van der Waals surface area contributed by atoms with Crippen LogP contribution in [0.4, 0.5) is 9.39 Å². The summed E-state index contributed by atoms with van der Waals surface area (Å²) in [5.41, 5.74) is 2.65. The van der Waals surface area contributed by atoms with Crippen LogP contribution in [0.25, 0.3) is 10.9 Å². The zero-order valence-corrected chi connectivity index (χ0v) is 20.0. The highest BCUT2D eigenvalue weighted by molar-refractivity contribution is 7.11. The second-order valence-corrected chi connectivity index (χ2v) is 10.9. The monoisotopic (exact) mass is 451 g/mol. The van der Waals surface area contributed by atoms with Crippen LogP contribution >= 0.6 is 11.5 Å². The second-order valence-electron chi connectivity index (χ2n) is 10.1. The summed E-state index contributed by atoms with van der Waals surface area (Å²) in [4.78, 5) is 17.5. The summed E-state index contributed by atoms with van der Waals surface area (Å²) in [6.45, 7) is 11.7. The Hall–Kier alpha value is -2.31. The molecule has 1 atom stereocenters. The van der Waals surface area contributed by atoms with Gasteiger partial charge in [0.25, 0.3) is 0 Å². The van der Waals surface area contributed by atoms with Crippen molar-refractivity contribution in [2.45, 2.75) is 44.7 Å². The van der Waals surface area contributed by atoms with Gasteiger partial charge in [-0.25, -0.2) is 4.39 Å². The normalized spacial score (nSPS) is 21.2. The Bertz CT molecular complexity index is 1180. The minimum Gasteiger partial charge on any atom is -0.359 e. The number of piperazine rings is 1. The van der Waals surface area contributed by atoms with Crippen molar-refractivity contribution in [1.82, 2.24) is 9.27 Å². The molecule has 0 radical (unpaired) electrons. The van der Waals surface area contributed by atoms with E-state index in [2.05, 4.69) is 26.3 Å². The summed E-state index contributed by atoms with van der Waals surface area (Å²) in [5.74, 6) is 0.208. The number of halogens is 1. The highest BCUT2D eigenvalue weighted by Gasteiger charge is 2.50. The molecule has 0 saturated carbocycles. The van der Waals surface area contributed by atoms with Crippen LogP contribution in [0.15, 0.2) is 42.5 Å². The number of carbonyl (C=O) groups excluding carboxylic acids is 1. The third-order valence-corrected chi connectivity index (χ3v) is 8.27. The summed E-state index contributed by atoms with van der Waals surface area (Å²) < 4.78 is 19.9. The van der Waals surface area contributed by atoms with Gasteiger partial charge < -0.3 is 4.90 Å². The van der Waals surface area contributed by atoms with Crippen molar-refractivity contribution in [3.63, 3.8) is 0 Å². The third-order valence-electron chi connectivity index (χ3n) is 7.33. The van der Waals surface area contributed by atoms with E-state index in [-0.39, 0.29) is 5.78 Å². The van der Waals surface area contributed by atoms with Crippen LogP contribution in [0.3, 0.4) is 0 Å². The molecule has 32 heavy (non-hydrogen) atoms. The first-order valence-corrected chi connectivity index (χ1v) is 12.1. The Kier molecular flexibility index (Phi) is 5.13. The molecule has 1 aliphatic carbocycles. The van der Waals surface area contributed by atoms with Crippen LogP contribution in [0, 0.1) is 0 Å². The lowest BCUT2D eigenvalue weighted by Crippen LogP contribution is -2.47. The molecule has 1 unspecified atom stereocenters. The van der Waals surface area contributed by atoms with E-state index in [0.717, 1.165) is 42.8 Å². The van der Waals surface area contributed by atoms with Gasteiger partial charge in [0, 0.05) is 48.9 Å². The van der Waals surface area contributed by atoms with Gasteiger partial charge in [-0.2, -0.15) is 4.37 Å². The zero-order chi connectivity index (χ0) is 22.7. The number of fused-ring (bicyclic) bond motifs is 2. The van der Waals surface area contributed by atoms with Crippen LogP contribution < -0.4 is 4.90 Å². The van der Waals surface area contributed by atoms with E-state index in [0.29, 0.717) is 12.1 Å². The number of nitrogens with zero attached hydrogens (tertiary/aromatic N) is 3. The molecule has 1 fully saturated rings. The molecule has 0 N–H and O–H groups in total. The highest BCUT2D eigenvalue weighted by atomic mass is 32.1. The minimum atomic E-state index is -1.06. The number of hydrogen-bond donors (Lipinski definition) is 0. The number of anilines is 1. The van der Waals surface area contributed by atoms with Crippen molar-refractivity contribution in [2.75, 3.05) is 37.6 Å². The lowest BCUT2D eigenvalue weighted by atomic mass is 9.80. The Morgan fingerprint density at radius 1 is 1.00 bits per heavy atom. The summed E-state index contributed by atoms with van der Waals surface area (Å²) >= 11 is 1.55. The molecule has 3 aromatic rings. The Balaban J connectivity index is 1.27. The number of ketones is 1. The molecule has 0 spiro atoms. The van der Waals surface area contributed by atoms with Gasteiger partial charge in [0.15, 0.2) is 5.78 Å². The molecule has 5 rings (SSSR count). The molecule has 2 aromatic carbocycles. The van der Waals surface area contributed by atoms with Gasteiger partial charge >= 0.3 is 0 Å². The summed E-state index contributed by atoms with van der Waals surface area (Å²) in [6, 6.07) is 14.0. The summed E-state index contributed by atoms with van der Waals surface area (Å²) in [6.07, 6.45) is -1.06. The van der Waals surface area contributed by atoms with E-state index >= 15 is 4.39 Å². The fourth-order valence-electron chi connectivity index (χ4n) is 5.41. The van der Waals surface area contributed by atoms with Crippen LogP contribution in [0.2, 0.25) is 0 Å². The smallest absolute Gasteiger partial charge is 0.152 e. The molecular formula is C26H30FN3OS. The topological polar surface area (TPSA) is 36.4 Å². The first-order chi connectivity index (χ1) is 15.2. The van der Waals surface area contributed by atoms with E-state index < -0.39 is 17.0 Å². The predicted octanol–water partition coefficient (Wildman–Crippen LogP) is 5.27. The number of benzene rings is 2. The molecule has 4 nitrogen and oxygen atoms in total. The van der Waals surface area contributed by atoms with E-state index in [4.69, 9.17) is 0 Å². The van der Waals surface area contributed by atoms with Crippen LogP contribution in [-0.4, -0.2) is 47.8 Å². The lowest BCUT2D eigenvalue weighted by molar-refractivity contribution is -0.126. The Morgan fingerprint density at radius 3 is 2.44 bits per heavy atom. The van der Waals surface area contributed by atoms with Gasteiger partial charge in [0.05, 0.1) is 5.52 Å². The Labute approximate surface area is 193 Å². The number of alkyl halides is 1. The van der Waals surface area contributed by atoms with Gasteiger partial charge in [0.1, 0.15) is 11.2 Å². The van der Waals surface area contributed by atoms with Crippen molar-refractivity contribution >= 4 is 33.2 Å². The first kappa shape index (κ1) is 21.5. The van der Waals surface area contributed by atoms with Gasteiger partial charge in [-0.3, -0.25) is 9.69 Å². The fourth-order valence-corrected chi connectivity index (χ4v) is 6.33. The first-order valence-electron chi connectivity index (χ1n) is 11.3. The number of Topliss-reactive ketones (excluding diaryl/α,β-unsaturated/α-hetero) is 1. The summed E-state index contributed by atoms with van der Waals surface area (Å²) in [5, 5.41) is 2.41. The van der Waals surface area contributed by atoms with E-state index in [9.17, 15) is 4.79 Å². The van der Waals surface area contributed by atoms with Gasteiger partial charge in [-0.05, 0) is 68.1 Å². The van der Waals surface area contributed by atoms with Crippen molar-refractivity contribution in [2.24, 2.45) is 0 Å². The largest absolute Gasteiger partial charge is 0.359 e. The molecule has 1 aromatic heterocycles. The lowest BCUT2D eigenvalue weighted by Gasteiger charge is -2.35. The van der Waals surface area contributed by atoms with Gasteiger partial charge in [-0.15, -0.1) is 0 Å². The minimum absolute atomic E-state index is 0.208. The second kappa shape index (κ2) is 7.63. The third kappa shape index (κ3) is 3.35. The standard InChI is InChI=1S/C26H30FN3OS/c1-25(2)19-10-9-17(15-20(19)26(3,4)24(25)31)21(27)16-29-11-13-30(14-12-29)23-18-7-5-6-8-22(18)28-32-23/h5-10,15,21H,11-14,16H2,1-4H3. The molecule has 0 bridgehead atoms. The molecule has 0 amide bonds. The number of aromatic nitrogens is 1. The molecule has 2 heterocycles. The SMILES string of the molecule is CC1(C)C(=O)C(C)(C)c2cc(C(F)CN3CCN(c4snc5ccccc45)CC3)ccc21. The highest BCUT2D eigenvalue weighted by Crippen LogP contribution is 2.47. The Morgan fingerprint density at radius 2 is 1.69 bits per heavy atom.